The van der Waals surface area contributed by atoms with Gasteiger partial charge in [-0.15, -0.1) is 0 Å². The van der Waals surface area contributed by atoms with E-state index in [4.69, 9.17) is 4.74 Å². The van der Waals surface area contributed by atoms with Crippen molar-refractivity contribution in [3.8, 4) is 0 Å². The Bertz CT molecular complexity index is 958. The maximum absolute atomic E-state index is 12.1. The van der Waals surface area contributed by atoms with E-state index in [2.05, 4.69) is 27.0 Å². The van der Waals surface area contributed by atoms with E-state index < -0.39 is 4.92 Å². The summed E-state index contributed by atoms with van der Waals surface area (Å²) in [6, 6.07) is 10.3. The number of carbonyl (C=O) groups excluding carboxylic acids is 1. The van der Waals surface area contributed by atoms with Crippen LogP contribution in [0.3, 0.4) is 0 Å². The van der Waals surface area contributed by atoms with Crippen molar-refractivity contribution in [1.29, 1.82) is 0 Å². The first-order chi connectivity index (χ1) is 16.1. The third kappa shape index (κ3) is 5.30. The highest BCUT2D eigenvalue weighted by molar-refractivity contribution is 5.72. The van der Waals surface area contributed by atoms with Crippen molar-refractivity contribution in [2.45, 2.75) is 13.5 Å². The number of nitrogens with zero attached hydrogens (tertiary/aromatic N) is 7. The Morgan fingerprint density at radius 3 is 2.09 bits per heavy atom. The number of hydrogen-bond acceptors (Lipinski definition) is 9. The summed E-state index contributed by atoms with van der Waals surface area (Å²) in [6.07, 6.45) is 1.04. The lowest BCUT2D eigenvalue weighted by Crippen LogP contribution is -2.49. The van der Waals surface area contributed by atoms with Crippen molar-refractivity contribution < 1.29 is 14.5 Å². The third-order valence-electron chi connectivity index (χ3n) is 5.99. The van der Waals surface area contributed by atoms with Crippen LogP contribution in [0.15, 0.2) is 36.7 Å². The standard InChI is InChI=1S/C22H29N7O4/c1-2-33-22(30)28-14-12-27(13-15-28)21-19(29(31)32)20(23-17-24-21)26-10-8-25(9-11-26)16-18-6-4-3-5-7-18/h3-7,17H,2,8-16H2,1H3. The first-order valence-corrected chi connectivity index (χ1v) is 11.2. The molecule has 11 heteroatoms. The van der Waals surface area contributed by atoms with E-state index in [-0.39, 0.29) is 11.8 Å². The molecule has 0 aliphatic carbocycles. The highest BCUT2D eigenvalue weighted by Gasteiger charge is 2.33. The summed E-state index contributed by atoms with van der Waals surface area (Å²) in [6.45, 7) is 7.58. The largest absolute Gasteiger partial charge is 0.450 e. The number of rotatable bonds is 6. The Labute approximate surface area is 192 Å². The van der Waals surface area contributed by atoms with Crippen LogP contribution in [0, 0.1) is 10.1 Å². The molecule has 0 unspecified atom stereocenters. The second-order valence-corrected chi connectivity index (χ2v) is 8.05. The molecular weight excluding hydrogens is 426 g/mol. The fourth-order valence-corrected chi connectivity index (χ4v) is 4.26. The van der Waals surface area contributed by atoms with Gasteiger partial charge in [-0.05, 0) is 12.5 Å². The van der Waals surface area contributed by atoms with Crippen LogP contribution in [-0.2, 0) is 11.3 Å². The van der Waals surface area contributed by atoms with E-state index in [1.54, 1.807) is 11.8 Å². The van der Waals surface area contributed by atoms with E-state index in [1.165, 1.54) is 11.9 Å². The highest BCUT2D eigenvalue weighted by atomic mass is 16.6. The Morgan fingerprint density at radius 1 is 0.970 bits per heavy atom. The fourth-order valence-electron chi connectivity index (χ4n) is 4.26. The monoisotopic (exact) mass is 455 g/mol. The Kier molecular flexibility index (Phi) is 7.18. The molecular formula is C22H29N7O4. The SMILES string of the molecule is CCOC(=O)N1CCN(c2ncnc(N3CCN(Cc4ccccc4)CC3)c2[N+](=O)[O-])CC1. The molecule has 2 aliphatic heterocycles. The van der Waals surface area contributed by atoms with Crippen molar-refractivity contribution in [2.24, 2.45) is 0 Å². The number of aromatic nitrogens is 2. The lowest BCUT2D eigenvalue weighted by atomic mass is 10.2. The predicted molar refractivity (Wildman–Crippen MR) is 123 cm³/mol. The van der Waals surface area contributed by atoms with Crippen molar-refractivity contribution in [3.05, 3.63) is 52.3 Å². The number of amides is 1. The minimum atomic E-state index is -0.390. The van der Waals surface area contributed by atoms with E-state index in [9.17, 15) is 14.9 Å². The lowest BCUT2D eigenvalue weighted by molar-refractivity contribution is -0.383. The summed E-state index contributed by atoms with van der Waals surface area (Å²) in [7, 11) is 0. The molecule has 176 valence electrons. The number of benzene rings is 1. The van der Waals surface area contributed by atoms with Crippen LogP contribution in [0.25, 0.3) is 0 Å². The number of carbonyl (C=O) groups is 1. The van der Waals surface area contributed by atoms with Gasteiger partial charge in [0.1, 0.15) is 6.33 Å². The zero-order valence-corrected chi connectivity index (χ0v) is 18.8. The van der Waals surface area contributed by atoms with Gasteiger partial charge in [-0.2, -0.15) is 0 Å². The fraction of sp³-hybridized carbons (Fsp3) is 0.500. The summed E-state index contributed by atoms with van der Waals surface area (Å²) < 4.78 is 5.05. The molecule has 0 N–H and O–H groups in total. The van der Waals surface area contributed by atoms with Gasteiger partial charge in [-0.25, -0.2) is 14.8 Å². The first kappa shape index (κ1) is 22.7. The molecule has 2 fully saturated rings. The van der Waals surface area contributed by atoms with Crippen molar-refractivity contribution in [3.63, 3.8) is 0 Å². The molecule has 0 atom stereocenters. The van der Waals surface area contributed by atoms with E-state index >= 15 is 0 Å². The smallest absolute Gasteiger partial charge is 0.409 e. The molecule has 0 saturated carbocycles. The third-order valence-corrected chi connectivity index (χ3v) is 5.99. The van der Waals surface area contributed by atoms with E-state index in [1.807, 2.05) is 28.0 Å². The van der Waals surface area contributed by atoms with Crippen LogP contribution in [0.2, 0.25) is 0 Å². The lowest BCUT2D eigenvalue weighted by Gasteiger charge is -2.36. The number of nitro groups is 1. The van der Waals surface area contributed by atoms with Crippen LogP contribution in [0.4, 0.5) is 22.1 Å². The van der Waals surface area contributed by atoms with Crippen LogP contribution in [0.5, 0.6) is 0 Å². The van der Waals surface area contributed by atoms with Gasteiger partial charge in [0.2, 0.25) is 11.6 Å². The maximum Gasteiger partial charge on any atom is 0.409 e. The van der Waals surface area contributed by atoms with Crippen LogP contribution < -0.4 is 9.80 Å². The summed E-state index contributed by atoms with van der Waals surface area (Å²) >= 11 is 0. The van der Waals surface area contributed by atoms with Gasteiger partial charge in [0, 0.05) is 58.9 Å². The van der Waals surface area contributed by atoms with Gasteiger partial charge in [0.25, 0.3) is 0 Å². The second-order valence-electron chi connectivity index (χ2n) is 8.05. The van der Waals surface area contributed by atoms with Gasteiger partial charge >= 0.3 is 11.8 Å². The van der Waals surface area contributed by atoms with E-state index in [0.717, 1.165) is 19.6 Å². The van der Waals surface area contributed by atoms with Crippen molar-refractivity contribution in [2.75, 3.05) is 68.8 Å². The summed E-state index contributed by atoms with van der Waals surface area (Å²) in [4.78, 5) is 40.0. The molecule has 1 aromatic heterocycles. The molecule has 11 nitrogen and oxygen atoms in total. The van der Waals surface area contributed by atoms with Gasteiger partial charge in [-0.1, -0.05) is 30.3 Å². The molecule has 3 heterocycles. The summed E-state index contributed by atoms with van der Waals surface area (Å²) in [5, 5.41) is 12.1. The zero-order valence-electron chi connectivity index (χ0n) is 18.8. The molecule has 2 aliphatic rings. The Hall–Kier alpha value is -3.47. The molecule has 2 saturated heterocycles. The Morgan fingerprint density at radius 2 is 1.55 bits per heavy atom. The highest BCUT2D eigenvalue weighted by Crippen LogP contribution is 2.35. The average Bonchev–Trinajstić information content (AvgIpc) is 2.85. The van der Waals surface area contributed by atoms with Crippen LogP contribution >= 0.6 is 0 Å². The van der Waals surface area contributed by atoms with Gasteiger partial charge in [0.05, 0.1) is 11.5 Å². The topological polar surface area (TPSA) is 108 Å². The van der Waals surface area contributed by atoms with Crippen molar-refractivity contribution >= 4 is 23.4 Å². The number of ether oxygens (including phenoxy) is 1. The average molecular weight is 456 g/mol. The number of piperazine rings is 2. The normalized spacial score (nSPS) is 17.2. The minimum Gasteiger partial charge on any atom is -0.450 e. The maximum atomic E-state index is 12.1. The first-order valence-electron chi connectivity index (χ1n) is 11.2. The molecule has 0 spiro atoms. The minimum absolute atomic E-state index is 0.0707. The second kappa shape index (κ2) is 10.4. The summed E-state index contributed by atoms with van der Waals surface area (Å²) in [5.74, 6) is 0.664. The molecule has 4 rings (SSSR count). The van der Waals surface area contributed by atoms with Gasteiger partial charge in [-0.3, -0.25) is 15.0 Å². The molecule has 1 amide bonds. The summed E-state index contributed by atoms with van der Waals surface area (Å²) in [5.41, 5.74) is 1.18. The van der Waals surface area contributed by atoms with Crippen LogP contribution in [0.1, 0.15) is 12.5 Å². The Balaban J connectivity index is 1.44. The molecule has 33 heavy (non-hydrogen) atoms. The van der Waals surface area contributed by atoms with Crippen LogP contribution in [-0.4, -0.2) is 89.7 Å². The molecule has 0 bridgehead atoms. The molecule has 2 aromatic rings. The predicted octanol–water partition coefficient (Wildman–Crippen LogP) is 1.99. The molecule has 0 radical (unpaired) electrons. The van der Waals surface area contributed by atoms with E-state index in [0.29, 0.717) is 57.5 Å². The quantitative estimate of drug-likeness (QED) is 0.477. The van der Waals surface area contributed by atoms with Crippen molar-refractivity contribution in [1.82, 2.24) is 19.8 Å². The zero-order chi connectivity index (χ0) is 23.2. The van der Waals surface area contributed by atoms with Gasteiger partial charge in [0.15, 0.2) is 0 Å². The molecule has 1 aromatic carbocycles. The van der Waals surface area contributed by atoms with Gasteiger partial charge < -0.3 is 19.4 Å². The number of hydrogen-bond donors (Lipinski definition) is 0. The number of anilines is 2.